The summed E-state index contributed by atoms with van der Waals surface area (Å²) in [5.41, 5.74) is 3.59. The summed E-state index contributed by atoms with van der Waals surface area (Å²) < 4.78 is 15.2. The molecule has 0 spiro atoms. The van der Waals surface area contributed by atoms with Gasteiger partial charge in [-0.1, -0.05) is 23.7 Å². The molecular weight excluding hydrogens is 303 g/mol. The first-order valence-corrected chi connectivity index (χ1v) is 7.29. The van der Waals surface area contributed by atoms with Gasteiger partial charge in [-0.05, 0) is 36.3 Å². The quantitative estimate of drug-likeness (QED) is 0.550. The van der Waals surface area contributed by atoms with E-state index in [9.17, 15) is 4.39 Å². The number of anilines is 1. The van der Waals surface area contributed by atoms with Gasteiger partial charge in [0.2, 0.25) is 0 Å². The van der Waals surface area contributed by atoms with Crippen molar-refractivity contribution in [3.63, 3.8) is 0 Å². The molecule has 110 valence electrons. The van der Waals surface area contributed by atoms with E-state index in [2.05, 4.69) is 15.4 Å². The van der Waals surface area contributed by atoms with Gasteiger partial charge >= 0.3 is 0 Å². The fourth-order valence-corrected chi connectivity index (χ4v) is 2.94. The van der Waals surface area contributed by atoms with Crippen LogP contribution in [0.2, 0.25) is 0 Å². The van der Waals surface area contributed by atoms with Crippen LogP contribution in [0.15, 0.2) is 36.5 Å². The minimum Gasteiger partial charge on any atom is -0.350 e. The van der Waals surface area contributed by atoms with Crippen LogP contribution in [-0.4, -0.2) is 20.1 Å². The van der Waals surface area contributed by atoms with E-state index >= 15 is 0 Å². The van der Waals surface area contributed by atoms with Crippen molar-refractivity contribution in [1.29, 1.82) is 0 Å². The molecule has 1 aliphatic rings. The average Bonchev–Trinajstić information content (AvgIpc) is 2.87. The molecule has 6 heteroatoms. The molecule has 0 radical (unpaired) electrons. The third-order valence-electron chi connectivity index (χ3n) is 3.64. The summed E-state index contributed by atoms with van der Waals surface area (Å²) in [7, 11) is 0. The maximum atomic E-state index is 13.4. The van der Waals surface area contributed by atoms with Crippen molar-refractivity contribution in [2.24, 2.45) is 0 Å². The Morgan fingerprint density at radius 1 is 1.32 bits per heavy atom. The van der Waals surface area contributed by atoms with Crippen LogP contribution in [0.1, 0.15) is 16.8 Å². The molecule has 3 aromatic rings. The van der Waals surface area contributed by atoms with Crippen molar-refractivity contribution in [2.75, 3.05) is 5.32 Å². The summed E-state index contributed by atoms with van der Waals surface area (Å²) in [5.74, 6) is 0.502. The van der Waals surface area contributed by atoms with Gasteiger partial charge in [0.15, 0.2) is 5.65 Å². The van der Waals surface area contributed by atoms with Gasteiger partial charge in [0.25, 0.3) is 0 Å². The molecule has 0 bridgehead atoms. The van der Waals surface area contributed by atoms with E-state index in [-0.39, 0.29) is 5.82 Å². The van der Waals surface area contributed by atoms with Gasteiger partial charge in [-0.25, -0.2) is 9.37 Å². The molecule has 0 amide bonds. The van der Waals surface area contributed by atoms with Crippen molar-refractivity contribution >= 4 is 34.7 Å². The molecule has 0 saturated carbocycles. The van der Waals surface area contributed by atoms with Crippen LogP contribution in [0.5, 0.6) is 0 Å². The Bertz CT molecular complexity index is 916. The first kappa shape index (κ1) is 13.3. The number of fused-ring (bicyclic) bond motifs is 3. The Morgan fingerprint density at radius 3 is 3.00 bits per heavy atom. The van der Waals surface area contributed by atoms with Crippen LogP contribution in [0.3, 0.4) is 0 Å². The summed E-state index contributed by atoms with van der Waals surface area (Å²) in [4.78, 5) is 4.38. The van der Waals surface area contributed by atoms with Crippen LogP contribution in [0, 0.1) is 12.7 Å². The number of alkyl halides is 1. The van der Waals surface area contributed by atoms with E-state index in [1.807, 2.05) is 25.1 Å². The van der Waals surface area contributed by atoms with E-state index in [1.165, 1.54) is 12.1 Å². The second kappa shape index (κ2) is 4.81. The van der Waals surface area contributed by atoms with E-state index in [1.54, 1.807) is 16.8 Å². The van der Waals surface area contributed by atoms with Crippen LogP contribution in [0.25, 0.3) is 17.3 Å². The number of rotatable bonds is 1. The third kappa shape index (κ3) is 2.05. The minimum absolute atomic E-state index is 0.288. The molecule has 0 saturated heterocycles. The van der Waals surface area contributed by atoms with E-state index in [4.69, 9.17) is 11.6 Å². The molecule has 0 aliphatic carbocycles. The number of aryl methyl sites for hydroxylation is 1. The summed E-state index contributed by atoms with van der Waals surface area (Å²) >= 11 is 6.44. The Kier molecular flexibility index (Phi) is 2.90. The van der Waals surface area contributed by atoms with Crippen LogP contribution in [-0.2, 0) is 0 Å². The first-order chi connectivity index (χ1) is 10.6. The molecule has 1 aliphatic heterocycles. The van der Waals surface area contributed by atoms with Crippen molar-refractivity contribution < 1.29 is 4.39 Å². The van der Waals surface area contributed by atoms with E-state index in [0.717, 1.165) is 33.9 Å². The van der Waals surface area contributed by atoms with E-state index in [0.29, 0.717) is 0 Å². The smallest absolute Gasteiger partial charge is 0.157 e. The lowest BCUT2D eigenvalue weighted by molar-refractivity contribution is 0.627. The molecule has 1 aromatic carbocycles. The highest BCUT2D eigenvalue weighted by Crippen LogP contribution is 2.34. The fraction of sp³-hybridized carbons (Fsp3) is 0.125. The zero-order chi connectivity index (χ0) is 15.3. The molecule has 3 heterocycles. The fourth-order valence-electron chi connectivity index (χ4n) is 2.65. The number of hydrogen-bond acceptors (Lipinski definition) is 3. The van der Waals surface area contributed by atoms with Crippen molar-refractivity contribution in [3.8, 4) is 0 Å². The normalized spacial score (nSPS) is 17.0. The lowest BCUT2D eigenvalue weighted by Gasteiger charge is -2.24. The topological polar surface area (TPSA) is 42.2 Å². The summed E-state index contributed by atoms with van der Waals surface area (Å²) in [5, 5.41) is 7.64. The van der Waals surface area contributed by atoms with Crippen molar-refractivity contribution in [1.82, 2.24) is 14.6 Å². The third-order valence-corrected chi connectivity index (χ3v) is 3.98. The van der Waals surface area contributed by atoms with Gasteiger partial charge in [-0.15, -0.1) is 0 Å². The van der Waals surface area contributed by atoms with Gasteiger partial charge in [0.05, 0.1) is 5.69 Å². The summed E-state index contributed by atoms with van der Waals surface area (Å²) in [6, 6.07) is 8.29. The Hall–Kier alpha value is -2.40. The van der Waals surface area contributed by atoms with E-state index < -0.39 is 5.50 Å². The Labute approximate surface area is 131 Å². The second-order valence-electron chi connectivity index (χ2n) is 5.23. The predicted molar refractivity (Wildman–Crippen MR) is 85.3 cm³/mol. The molecular formula is C16H12ClFN4. The van der Waals surface area contributed by atoms with Gasteiger partial charge in [0.1, 0.15) is 17.1 Å². The van der Waals surface area contributed by atoms with Gasteiger partial charge in [-0.3, -0.25) is 0 Å². The maximum Gasteiger partial charge on any atom is 0.157 e. The lowest BCUT2D eigenvalue weighted by atomic mass is 10.0. The second-order valence-corrected chi connectivity index (χ2v) is 5.67. The lowest BCUT2D eigenvalue weighted by Crippen LogP contribution is -2.21. The maximum absolute atomic E-state index is 13.4. The van der Waals surface area contributed by atoms with Gasteiger partial charge in [0, 0.05) is 17.8 Å². The number of nitrogens with zero attached hydrogens (tertiary/aromatic N) is 3. The molecule has 1 atom stereocenters. The monoisotopic (exact) mass is 314 g/mol. The van der Waals surface area contributed by atoms with Crippen LogP contribution < -0.4 is 5.32 Å². The largest absolute Gasteiger partial charge is 0.350 e. The molecule has 0 fully saturated rings. The molecule has 2 aromatic heterocycles. The molecule has 4 nitrogen and oxygen atoms in total. The average molecular weight is 315 g/mol. The molecule has 22 heavy (non-hydrogen) atoms. The zero-order valence-corrected chi connectivity index (χ0v) is 12.5. The molecule has 4 rings (SSSR count). The highest BCUT2D eigenvalue weighted by atomic mass is 35.5. The number of aromatic nitrogens is 3. The predicted octanol–water partition coefficient (Wildman–Crippen LogP) is 3.71. The summed E-state index contributed by atoms with van der Waals surface area (Å²) in [6.07, 6.45) is 3.68. The first-order valence-electron chi connectivity index (χ1n) is 6.85. The number of halogens is 2. The summed E-state index contributed by atoms with van der Waals surface area (Å²) in [6.45, 7) is 1.91. The highest BCUT2D eigenvalue weighted by molar-refractivity contribution is 6.29. The van der Waals surface area contributed by atoms with Gasteiger partial charge < -0.3 is 5.32 Å². The number of nitrogens with one attached hydrogen (secondary N) is 1. The standard InChI is InChI=1S/C16H12ClFN4/c1-9-5-14-19-8-11-7-13(10-3-2-4-12(18)6-10)15(17)20-16(11)22(14)21-9/h2-8,15,20H,1H3. The number of benzene rings is 1. The van der Waals surface area contributed by atoms with Crippen molar-refractivity contribution in [2.45, 2.75) is 12.4 Å². The number of hydrogen-bond donors (Lipinski definition) is 1. The van der Waals surface area contributed by atoms with Crippen molar-refractivity contribution in [3.05, 3.63) is 59.2 Å². The molecule has 1 unspecified atom stereocenters. The Morgan fingerprint density at radius 2 is 2.18 bits per heavy atom. The van der Waals surface area contributed by atoms with Crippen LogP contribution >= 0.6 is 11.6 Å². The SMILES string of the molecule is Cc1cc2ncc3c(n2n1)NC(Cl)C(c1cccc(F)c1)=C3. The zero-order valence-electron chi connectivity index (χ0n) is 11.7. The Balaban J connectivity index is 1.90. The minimum atomic E-state index is -0.468. The van der Waals surface area contributed by atoms with Crippen LogP contribution in [0.4, 0.5) is 10.2 Å². The van der Waals surface area contributed by atoms with Gasteiger partial charge in [-0.2, -0.15) is 9.61 Å². The highest BCUT2D eigenvalue weighted by Gasteiger charge is 2.23. The molecule has 1 N–H and O–H groups in total.